The van der Waals surface area contributed by atoms with Crippen molar-refractivity contribution in [2.24, 2.45) is 0 Å². The molecule has 0 atom stereocenters. The molecule has 0 saturated heterocycles. The number of allylic oxidation sites excluding steroid dienone is 1. The number of rotatable bonds is 14. The van der Waals surface area contributed by atoms with Crippen LogP contribution in [0.2, 0.25) is 0 Å². The molecule has 0 aliphatic heterocycles. The number of carbonyl (C=O) groups excluding carboxylic acids is 1. The van der Waals surface area contributed by atoms with E-state index in [0.29, 0.717) is 13.0 Å². The number of nitrogens with zero attached hydrogens (tertiary/aromatic N) is 1. The molecular weight excluding hydrogens is 391 g/mol. The molecular formula is C24H34F3NO2. The van der Waals surface area contributed by atoms with Gasteiger partial charge in [0.2, 0.25) is 0 Å². The molecule has 0 spiro atoms. The third-order valence-electron chi connectivity index (χ3n) is 4.67. The number of hydrogen-bond acceptors (Lipinski definition) is 2. The van der Waals surface area contributed by atoms with Crippen LogP contribution in [0.25, 0.3) is 0 Å². The molecule has 1 amide bonds. The van der Waals surface area contributed by atoms with Crippen molar-refractivity contribution < 1.29 is 22.7 Å². The maximum absolute atomic E-state index is 12.3. The third kappa shape index (κ3) is 13.9. The molecule has 6 heteroatoms. The average molecular weight is 426 g/mol. The lowest BCUT2D eigenvalue weighted by molar-refractivity contribution is -0.0797. The van der Waals surface area contributed by atoms with Crippen molar-refractivity contribution >= 4 is 6.09 Å². The lowest BCUT2D eigenvalue weighted by Gasteiger charge is -2.17. The topological polar surface area (TPSA) is 29.5 Å². The van der Waals surface area contributed by atoms with Crippen molar-refractivity contribution in [2.45, 2.75) is 83.9 Å². The summed E-state index contributed by atoms with van der Waals surface area (Å²) >= 11 is 0. The van der Waals surface area contributed by atoms with Gasteiger partial charge in [0.25, 0.3) is 0 Å². The summed E-state index contributed by atoms with van der Waals surface area (Å²) in [4.78, 5) is 13.5. The molecule has 0 saturated carbocycles. The number of unbranched alkanes of at least 4 members (excludes halogenated alkanes) is 9. The summed E-state index contributed by atoms with van der Waals surface area (Å²) in [6, 6.07) is 9.15. The summed E-state index contributed by atoms with van der Waals surface area (Å²) in [7, 11) is 0. The largest absolute Gasteiger partial charge is 0.444 e. The van der Waals surface area contributed by atoms with Crippen LogP contribution in [0.4, 0.5) is 18.0 Å². The molecule has 0 fully saturated rings. The number of amides is 1. The van der Waals surface area contributed by atoms with E-state index in [1.165, 1.54) is 38.5 Å². The van der Waals surface area contributed by atoms with Crippen LogP contribution in [-0.2, 0) is 11.3 Å². The molecule has 0 aromatic heterocycles. The Morgan fingerprint density at radius 1 is 0.967 bits per heavy atom. The SMILES string of the molecule is CCCCCCCCCCCCN(C=C=CC(F)(F)F)C(=O)OCc1ccccc1. The van der Waals surface area contributed by atoms with Crippen LogP contribution in [0.15, 0.2) is 48.3 Å². The zero-order chi connectivity index (χ0) is 22.1. The van der Waals surface area contributed by atoms with Crippen LogP contribution in [0.1, 0.15) is 76.7 Å². The molecule has 0 aliphatic rings. The quantitative estimate of drug-likeness (QED) is 0.225. The first-order valence-corrected chi connectivity index (χ1v) is 10.9. The Hall–Kier alpha value is -2.20. The minimum Gasteiger partial charge on any atom is -0.444 e. The zero-order valence-corrected chi connectivity index (χ0v) is 17.9. The van der Waals surface area contributed by atoms with Crippen molar-refractivity contribution in [3.63, 3.8) is 0 Å². The lowest BCUT2D eigenvalue weighted by Crippen LogP contribution is -2.27. The van der Waals surface area contributed by atoms with Gasteiger partial charge < -0.3 is 4.74 Å². The highest BCUT2D eigenvalue weighted by Crippen LogP contribution is 2.15. The van der Waals surface area contributed by atoms with E-state index in [0.717, 1.165) is 35.9 Å². The minimum atomic E-state index is -4.47. The number of carbonyl (C=O) groups is 1. The molecule has 3 nitrogen and oxygen atoms in total. The van der Waals surface area contributed by atoms with Crippen LogP contribution in [0, 0.1) is 0 Å². The fraction of sp³-hybridized carbons (Fsp3) is 0.583. The second kappa shape index (κ2) is 15.6. The molecule has 0 bridgehead atoms. The summed E-state index contributed by atoms with van der Waals surface area (Å²) < 4.78 is 42.2. The Kier molecular flexibility index (Phi) is 13.4. The molecule has 1 aromatic carbocycles. The van der Waals surface area contributed by atoms with Gasteiger partial charge in [0.05, 0.1) is 12.3 Å². The first-order valence-electron chi connectivity index (χ1n) is 10.9. The van der Waals surface area contributed by atoms with Crippen molar-refractivity contribution in [1.29, 1.82) is 0 Å². The summed E-state index contributed by atoms with van der Waals surface area (Å²) in [5, 5.41) is 0. The fourth-order valence-electron chi connectivity index (χ4n) is 3.00. The summed E-state index contributed by atoms with van der Waals surface area (Å²) in [6.07, 6.45) is 7.31. The van der Waals surface area contributed by atoms with Gasteiger partial charge in [-0.1, -0.05) is 101 Å². The highest BCUT2D eigenvalue weighted by molar-refractivity contribution is 5.68. The van der Waals surface area contributed by atoms with Crippen LogP contribution >= 0.6 is 0 Å². The van der Waals surface area contributed by atoms with Gasteiger partial charge in [0, 0.05) is 6.54 Å². The molecule has 0 radical (unpaired) electrons. The van der Waals surface area contributed by atoms with Crippen LogP contribution < -0.4 is 0 Å². The Morgan fingerprint density at radius 2 is 1.53 bits per heavy atom. The van der Waals surface area contributed by atoms with Gasteiger partial charge in [-0.15, -0.1) is 0 Å². The van der Waals surface area contributed by atoms with E-state index in [9.17, 15) is 18.0 Å². The van der Waals surface area contributed by atoms with E-state index in [-0.39, 0.29) is 12.7 Å². The van der Waals surface area contributed by atoms with Crippen LogP contribution in [0.5, 0.6) is 0 Å². The van der Waals surface area contributed by atoms with Gasteiger partial charge in [-0.3, -0.25) is 4.90 Å². The predicted octanol–water partition coefficient (Wildman–Crippen LogP) is 7.78. The fourth-order valence-corrected chi connectivity index (χ4v) is 3.00. The first-order chi connectivity index (χ1) is 14.4. The summed E-state index contributed by atoms with van der Waals surface area (Å²) in [5.41, 5.74) is 2.86. The van der Waals surface area contributed by atoms with E-state index in [1.807, 2.05) is 36.1 Å². The molecule has 168 valence electrons. The molecule has 30 heavy (non-hydrogen) atoms. The minimum absolute atomic E-state index is 0.0109. The Labute approximate surface area is 178 Å². The van der Waals surface area contributed by atoms with Crippen LogP contribution in [0.3, 0.4) is 0 Å². The van der Waals surface area contributed by atoms with Gasteiger partial charge in [-0.05, 0) is 12.0 Å². The maximum atomic E-state index is 12.3. The normalized spacial score (nSPS) is 10.9. The number of benzene rings is 1. The third-order valence-corrected chi connectivity index (χ3v) is 4.67. The van der Waals surface area contributed by atoms with Crippen molar-refractivity contribution in [3.05, 3.63) is 53.9 Å². The zero-order valence-electron chi connectivity index (χ0n) is 17.9. The van der Waals surface area contributed by atoms with Crippen molar-refractivity contribution in [1.82, 2.24) is 4.90 Å². The molecule has 0 N–H and O–H groups in total. The van der Waals surface area contributed by atoms with Gasteiger partial charge >= 0.3 is 12.3 Å². The van der Waals surface area contributed by atoms with Gasteiger partial charge in [-0.2, -0.15) is 13.2 Å². The molecule has 1 aromatic rings. The van der Waals surface area contributed by atoms with Crippen LogP contribution in [-0.4, -0.2) is 23.7 Å². The first kappa shape index (κ1) is 25.8. The maximum Gasteiger partial charge on any atom is 0.416 e. The number of alkyl halides is 3. The Morgan fingerprint density at radius 3 is 2.10 bits per heavy atom. The van der Waals surface area contributed by atoms with E-state index in [1.54, 1.807) is 0 Å². The monoisotopic (exact) mass is 425 g/mol. The predicted molar refractivity (Wildman–Crippen MR) is 114 cm³/mol. The van der Waals surface area contributed by atoms with E-state index in [4.69, 9.17) is 4.74 Å². The molecule has 0 aliphatic carbocycles. The van der Waals surface area contributed by atoms with Crippen molar-refractivity contribution in [3.8, 4) is 0 Å². The summed E-state index contributed by atoms with van der Waals surface area (Å²) in [5.74, 6) is 0. The molecule has 0 heterocycles. The van der Waals surface area contributed by atoms with E-state index < -0.39 is 12.3 Å². The van der Waals surface area contributed by atoms with E-state index >= 15 is 0 Å². The number of halogens is 3. The Balaban J connectivity index is 2.40. The second-order valence-electron chi connectivity index (χ2n) is 7.40. The lowest BCUT2D eigenvalue weighted by atomic mass is 10.1. The van der Waals surface area contributed by atoms with Gasteiger partial charge in [-0.25, -0.2) is 4.79 Å². The second-order valence-corrected chi connectivity index (χ2v) is 7.40. The average Bonchev–Trinajstić information content (AvgIpc) is 2.72. The summed E-state index contributed by atoms with van der Waals surface area (Å²) in [6.45, 7) is 2.59. The highest BCUT2D eigenvalue weighted by atomic mass is 19.4. The molecule has 1 rings (SSSR count). The van der Waals surface area contributed by atoms with Gasteiger partial charge in [0.15, 0.2) is 0 Å². The van der Waals surface area contributed by atoms with Crippen molar-refractivity contribution in [2.75, 3.05) is 6.54 Å². The van der Waals surface area contributed by atoms with Gasteiger partial charge in [0.1, 0.15) is 6.61 Å². The number of ether oxygens (including phenoxy) is 1. The molecule has 0 unspecified atom stereocenters. The standard InChI is InChI=1S/C24H34F3NO2/c1-2-3-4-5-6-7-8-9-10-14-19-28(20-15-18-24(25,26)27)23(29)30-21-22-16-12-11-13-17-22/h11-13,16-18,20H,2-10,14,19,21H2,1H3. The smallest absolute Gasteiger partial charge is 0.416 e. The Bertz CT molecular complexity index is 638. The number of hydrogen-bond donors (Lipinski definition) is 0. The highest BCUT2D eigenvalue weighted by Gasteiger charge is 2.22. The van der Waals surface area contributed by atoms with E-state index in [2.05, 4.69) is 6.92 Å².